The van der Waals surface area contributed by atoms with Gasteiger partial charge >= 0.3 is 5.97 Å². The smallest absolute Gasteiger partial charge is 0.334 e. The highest BCUT2D eigenvalue weighted by Crippen LogP contribution is 1.99. The Balaban J connectivity index is 2.10. The van der Waals surface area contributed by atoms with Crippen LogP contribution in [-0.2, 0) is 9.59 Å². The maximum Gasteiger partial charge on any atom is 0.334 e. The molecule has 0 unspecified atom stereocenters. The van der Waals surface area contributed by atoms with Crippen molar-refractivity contribution in [2.24, 2.45) is 0 Å². The fourth-order valence-electron chi connectivity index (χ4n) is 1.33. The van der Waals surface area contributed by atoms with Gasteiger partial charge in [0.05, 0.1) is 12.8 Å². The van der Waals surface area contributed by atoms with E-state index in [0.29, 0.717) is 6.42 Å². The van der Waals surface area contributed by atoms with Gasteiger partial charge in [-0.3, -0.25) is 9.59 Å². The van der Waals surface area contributed by atoms with Gasteiger partial charge in [-0.2, -0.15) is 0 Å². The molecule has 0 bridgehead atoms. The minimum atomic E-state index is -1.61. The van der Waals surface area contributed by atoms with Gasteiger partial charge in [0.15, 0.2) is 11.9 Å². The predicted molar refractivity (Wildman–Crippen MR) is 66.9 cm³/mol. The molecule has 0 saturated carbocycles. The lowest BCUT2D eigenvalue weighted by molar-refractivity contribution is -0.146. The Morgan fingerprint density at radius 1 is 1.30 bits per heavy atom. The van der Waals surface area contributed by atoms with E-state index in [1.807, 2.05) is 0 Å². The molecule has 1 aromatic rings. The predicted octanol–water partition coefficient (Wildman–Crippen LogP) is -0.649. The standard InChI is InChI=1S/C12H16N2O6/c15-8(12(18)19)7-14-10(16)4-1-5-13-11(17)9-3-2-6-20-9/h2-3,6,8,15H,1,4-5,7H2,(H,13,17)(H,14,16)(H,18,19)/t8-/m0/s1. The number of rotatable bonds is 8. The van der Waals surface area contributed by atoms with E-state index < -0.39 is 18.0 Å². The zero-order chi connectivity index (χ0) is 15.0. The van der Waals surface area contributed by atoms with E-state index in [1.165, 1.54) is 12.3 Å². The lowest BCUT2D eigenvalue weighted by Crippen LogP contribution is -2.36. The van der Waals surface area contributed by atoms with Crippen molar-refractivity contribution in [3.05, 3.63) is 24.2 Å². The second kappa shape index (κ2) is 7.95. The van der Waals surface area contributed by atoms with Crippen molar-refractivity contribution in [3.8, 4) is 0 Å². The van der Waals surface area contributed by atoms with Crippen LogP contribution in [0.4, 0.5) is 0 Å². The molecule has 2 amide bonds. The van der Waals surface area contributed by atoms with Crippen LogP contribution < -0.4 is 10.6 Å². The number of carbonyl (C=O) groups excluding carboxylic acids is 2. The maximum absolute atomic E-state index is 11.4. The number of aliphatic carboxylic acids is 1. The van der Waals surface area contributed by atoms with Crippen LogP contribution in [0.1, 0.15) is 23.4 Å². The third-order valence-electron chi connectivity index (χ3n) is 2.39. The van der Waals surface area contributed by atoms with E-state index in [4.69, 9.17) is 14.6 Å². The molecule has 0 aliphatic carbocycles. The Hall–Kier alpha value is -2.35. The maximum atomic E-state index is 11.4. The number of carbonyl (C=O) groups is 3. The first-order chi connectivity index (χ1) is 9.50. The van der Waals surface area contributed by atoms with Gasteiger partial charge in [-0.15, -0.1) is 0 Å². The van der Waals surface area contributed by atoms with Crippen LogP contribution in [0, 0.1) is 0 Å². The fraction of sp³-hybridized carbons (Fsp3) is 0.417. The van der Waals surface area contributed by atoms with Gasteiger partial charge < -0.3 is 25.3 Å². The van der Waals surface area contributed by atoms with Crippen LogP contribution in [0.5, 0.6) is 0 Å². The summed E-state index contributed by atoms with van der Waals surface area (Å²) in [4.78, 5) is 33.0. The molecule has 1 aromatic heterocycles. The molecule has 8 heteroatoms. The Morgan fingerprint density at radius 3 is 2.65 bits per heavy atom. The molecule has 0 fully saturated rings. The highest BCUT2D eigenvalue weighted by molar-refractivity contribution is 5.91. The van der Waals surface area contributed by atoms with Crippen LogP contribution >= 0.6 is 0 Å². The molecule has 0 aliphatic heterocycles. The molecular weight excluding hydrogens is 268 g/mol. The van der Waals surface area contributed by atoms with Gasteiger partial charge in [0.25, 0.3) is 5.91 Å². The number of hydrogen-bond acceptors (Lipinski definition) is 5. The van der Waals surface area contributed by atoms with Crippen LogP contribution in [0.2, 0.25) is 0 Å². The van der Waals surface area contributed by atoms with E-state index in [-0.39, 0.29) is 31.2 Å². The molecule has 1 rings (SSSR count). The number of aliphatic hydroxyl groups is 1. The summed E-state index contributed by atoms with van der Waals surface area (Å²) in [6, 6.07) is 3.12. The molecule has 0 aliphatic rings. The fourth-order valence-corrected chi connectivity index (χ4v) is 1.33. The lowest BCUT2D eigenvalue weighted by atomic mass is 10.2. The largest absolute Gasteiger partial charge is 0.479 e. The first-order valence-electron chi connectivity index (χ1n) is 6.00. The van der Waals surface area contributed by atoms with Crippen molar-refractivity contribution in [2.75, 3.05) is 13.1 Å². The highest BCUT2D eigenvalue weighted by atomic mass is 16.4. The summed E-state index contributed by atoms with van der Waals surface area (Å²) in [6.45, 7) is -0.0542. The number of furan rings is 1. The summed E-state index contributed by atoms with van der Waals surface area (Å²) < 4.78 is 4.89. The summed E-state index contributed by atoms with van der Waals surface area (Å²) in [5.74, 6) is -1.95. The third-order valence-corrected chi connectivity index (χ3v) is 2.39. The van der Waals surface area contributed by atoms with Crippen LogP contribution in [0.15, 0.2) is 22.8 Å². The molecule has 0 saturated heterocycles. The van der Waals surface area contributed by atoms with Crippen LogP contribution in [0.3, 0.4) is 0 Å². The summed E-state index contributed by atoms with van der Waals surface area (Å²) in [6.07, 6.45) is 0.278. The van der Waals surface area contributed by atoms with Gasteiger partial charge in [-0.05, 0) is 18.6 Å². The van der Waals surface area contributed by atoms with Gasteiger partial charge in [-0.25, -0.2) is 4.79 Å². The average Bonchev–Trinajstić information content (AvgIpc) is 2.94. The summed E-state index contributed by atoms with van der Waals surface area (Å²) >= 11 is 0. The van der Waals surface area contributed by atoms with Gasteiger partial charge in [0.2, 0.25) is 5.91 Å². The van der Waals surface area contributed by atoms with Crippen molar-refractivity contribution in [1.29, 1.82) is 0 Å². The Morgan fingerprint density at radius 2 is 2.05 bits per heavy atom. The quantitative estimate of drug-likeness (QED) is 0.469. The SMILES string of the molecule is O=C(CCCNC(=O)c1ccco1)NC[C@H](O)C(=O)O. The third kappa shape index (κ3) is 5.53. The van der Waals surface area contributed by atoms with E-state index in [9.17, 15) is 14.4 Å². The first-order valence-corrected chi connectivity index (χ1v) is 6.00. The minimum Gasteiger partial charge on any atom is -0.479 e. The van der Waals surface area contributed by atoms with E-state index >= 15 is 0 Å². The molecule has 1 heterocycles. The zero-order valence-corrected chi connectivity index (χ0v) is 10.7. The second-order valence-corrected chi connectivity index (χ2v) is 3.99. The molecule has 0 aromatic carbocycles. The highest BCUT2D eigenvalue weighted by Gasteiger charge is 2.14. The minimum absolute atomic E-state index is 0.116. The summed E-state index contributed by atoms with van der Waals surface area (Å²) in [5, 5.41) is 22.2. The van der Waals surface area contributed by atoms with Gasteiger partial charge in [-0.1, -0.05) is 0 Å². The monoisotopic (exact) mass is 284 g/mol. The normalized spacial score (nSPS) is 11.7. The van der Waals surface area contributed by atoms with Crippen molar-refractivity contribution < 1.29 is 29.0 Å². The number of carboxylic acid groups (broad SMARTS) is 1. The van der Waals surface area contributed by atoms with Crippen molar-refractivity contribution >= 4 is 17.8 Å². The molecule has 0 radical (unpaired) electrons. The topological polar surface area (TPSA) is 129 Å². The number of aliphatic hydroxyl groups excluding tert-OH is 1. The molecule has 8 nitrogen and oxygen atoms in total. The summed E-state index contributed by atoms with van der Waals surface area (Å²) in [5.41, 5.74) is 0. The number of hydrogen-bond donors (Lipinski definition) is 4. The van der Waals surface area contributed by atoms with E-state index in [2.05, 4.69) is 10.6 Å². The summed E-state index contributed by atoms with van der Waals surface area (Å²) in [7, 11) is 0. The average molecular weight is 284 g/mol. The number of amides is 2. The van der Waals surface area contributed by atoms with Gasteiger partial charge in [0, 0.05) is 13.0 Å². The van der Waals surface area contributed by atoms with Crippen LogP contribution in [0.25, 0.3) is 0 Å². The number of nitrogens with one attached hydrogen (secondary N) is 2. The van der Waals surface area contributed by atoms with Gasteiger partial charge in [0.1, 0.15) is 0 Å². The second-order valence-electron chi connectivity index (χ2n) is 3.99. The van der Waals surface area contributed by atoms with E-state index in [1.54, 1.807) is 6.07 Å². The Bertz CT molecular complexity index is 457. The molecule has 4 N–H and O–H groups in total. The van der Waals surface area contributed by atoms with Crippen molar-refractivity contribution in [3.63, 3.8) is 0 Å². The van der Waals surface area contributed by atoms with E-state index in [0.717, 1.165) is 0 Å². The van der Waals surface area contributed by atoms with Crippen LogP contribution in [-0.4, -0.2) is 47.2 Å². The Kier molecular flexibility index (Phi) is 6.24. The molecule has 0 spiro atoms. The molecular formula is C12H16N2O6. The molecule has 1 atom stereocenters. The lowest BCUT2D eigenvalue weighted by Gasteiger charge is -2.07. The number of carboxylic acids is 1. The Labute approximate surface area is 114 Å². The van der Waals surface area contributed by atoms with Crippen molar-refractivity contribution in [2.45, 2.75) is 18.9 Å². The first kappa shape index (κ1) is 15.7. The van der Waals surface area contributed by atoms with Crippen molar-refractivity contribution in [1.82, 2.24) is 10.6 Å². The molecule has 110 valence electrons. The molecule has 20 heavy (non-hydrogen) atoms. The zero-order valence-electron chi connectivity index (χ0n) is 10.7.